The number of aromatic nitrogens is 2. The van der Waals surface area contributed by atoms with Crippen LogP contribution in [0.3, 0.4) is 0 Å². The molecule has 2 heterocycles. The number of carbonyl (C=O) groups is 1. The van der Waals surface area contributed by atoms with Crippen molar-refractivity contribution in [3.63, 3.8) is 0 Å². The summed E-state index contributed by atoms with van der Waals surface area (Å²) < 4.78 is 0. The van der Waals surface area contributed by atoms with Gasteiger partial charge >= 0.3 is 0 Å². The fraction of sp³-hybridized carbons (Fsp3) is 0.462. The Bertz CT molecular complexity index is 399. The highest BCUT2D eigenvalue weighted by atomic mass is 16.1. The smallest absolute Gasteiger partial charge is 0.254 e. The zero-order valence-electron chi connectivity index (χ0n) is 10.4. The highest BCUT2D eigenvalue weighted by Gasteiger charge is 2.20. The molecule has 0 aliphatic carbocycles. The molecule has 0 unspecified atom stereocenters. The van der Waals surface area contributed by atoms with Crippen LogP contribution in [-0.2, 0) is 0 Å². The summed E-state index contributed by atoms with van der Waals surface area (Å²) >= 11 is 0. The number of nitrogens with zero attached hydrogens (tertiary/aromatic N) is 3. The minimum atomic E-state index is -0.0854. The largest absolute Gasteiger partial charge is 0.349 e. The van der Waals surface area contributed by atoms with Crippen molar-refractivity contribution in [3.05, 3.63) is 36.9 Å². The van der Waals surface area contributed by atoms with Crippen LogP contribution in [0.25, 0.3) is 0 Å². The van der Waals surface area contributed by atoms with Crippen LogP contribution in [0.15, 0.2) is 31.4 Å². The predicted molar refractivity (Wildman–Crippen MR) is 69.2 cm³/mol. The van der Waals surface area contributed by atoms with Crippen LogP contribution >= 0.6 is 0 Å². The molecule has 0 spiro atoms. The molecule has 5 nitrogen and oxygen atoms in total. The van der Waals surface area contributed by atoms with Gasteiger partial charge in [0.15, 0.2) is 0 Å². The Kier molecular flexibility index (Phi) is 4.41. The molecule has 1 fully saturated rings. The minimum Gasteiger partial charge on any atom is -0.349 e. The van der Waals surface area contributed by atoms with Crippen LogP contribution in [0.2, 0.25) is 0 Å². The monoisotopic (exact) mass is 246 g/mol. The fourth-order valence-electron chi connectivity index (χ4n) is 2.13. The number of nitrogens with one attached hydrogen (secondary N) is 1. The Morgan fingerprint density at radius 2 is 2.11 bits per heavy atom. The van der Waals surface area contributed by atoms with E-state index in [-0.39, 0.29) is 11.9 Å². The molecule has 1 amide bonds. The Labute approximate surface area is 107 Å². The Balaban J connectivity index is 1.81. The van der Waals surface area contributed by atoms with Crippen molar-refractivity contribution >= 4 is 5.91 Å². The summed E-state index contributed by atoms with van der Waals surface area (Å²) in [4.78, 5) is 21.9. The molecular weight excluding hydrogens is 228 g/mol. The van der Waals surface area contributed by atoms with Gasteiger partial charge in [-0.3, -0.25) is 9.69 Å². The van der Waals surface area contributed by atoms with E-state index in [0.29, 0.717) is 5.56 Å². The van der Waals surface area contributed by atoms with Crippen LogP contribution in [0.1, 0.15) is 23.2 Å². The lowest BCUT2D eigenvalue weighted by molar-refractivity contribution is 0.0913. The van der Waals surface area contributed by atoms with Crippen molar-refractivity contribution < 1.29 is 4.79 Å². The number of hydrogen-bond acceptors (Lipinski definition) is 4. The first kappa shape index (κ1) is 12.7. The first-order valence-electron chi connectivity index (χ1n) is 6.18. The van der Waals surface area contributed by atoms with Crippen LogP contribution in [0.4, 0.5) is 0 Å². The summed E-state index contributed by atoms with van der Waals surface area (Å²) in [5, 5.41) is 3.03. The lowest BCUT2D eigenvalue weighted by Crippen LogP contribution is -2.44. The fourth-order valence-corrected chi connectivity index (χ4v) is 2.13. The van der Waals surface area contributed by atoms with Gasteiger partial charge in [-0.1, -0.05) is 6.08 Å². The van der Waals surface area contributed by atoms with Gasteiger partial charge in [-0.2, -0.15) is 0 Å². The summed E-state index contributed by atoms with van der Waals surface area (Å²) in [5.74, 6) is -0.0854. The van der Waals surface area contributed by atoms with Gasteiger partial charge in [-0.05, 0) is 12.8 Å². The molecule has 1 N–H and O–H groups in total. The zero-order valence-corrected chi connectivity index (χ0v) is 10.4. The third-order valence-electron chi connectivity index (χ3n) is 3.13. The van der Waals surface area contributed by atoms with Crippen molar-refractivity contribution in [1.82, 2.24) is 20.2 Å². The Hall–Kier alpha value is -1.75. The second kappa shape index (κ2) is 6.26. The zero-order chi connectivity index (χ0) is 12.8. The highest BCUT2D eigenvalue weighted by Crippen LogP contribution is 2.10. The molecule has 0 radical (unpaired) electrons. The molecule has 0 bridgehead atoms. The van der Waals surface area contributed by atoms with Crippen LogP contribution in [0, 0.1) is 0 Å². The van der Waals surface area contributed by atoms with Crippen molar-refractivity contribution in [1.29, 1.82) is 0 Å². The van der Waals surface area contributed by atoms with E-state index in [4.69, 9.17) is 0 Å². The van der Waals surface area contributed by atoms with E-state index in [1.54, 1.807) is 0 Å². The maximum atomic E-state index is 11.9. The summed E-state index contributed by atoms with van der Waals surface area (Å²) in [6.45, 7) is 6.66. The first-order chi connectivity index (χ1) is 8.79. The van der Waals surface area contributed by atoms with E-state index < -0.39 is 0 Å². The number of rotatable bonds is 4. The van der Waals surface area contributed by atoms with Gasteiger partial charge < -0.3 is 5.32 Å². The average Bonchev–Trinajstić information content (AvgIpc) is 2.42. The molecule has 2 rings (SSSR count). The van der Waals surface area contributed by atoms with Gasteiger partial charge in [-0.15, -0.1) is 6.58 Å². The van der Waals surface area contributed by atoms with E-state index in [0.717, 1.165) is 32.5 Å². The molecule has 1 aliphatic heterocycles. The minimum absolute atomic E-state index is 0.0854. The van der Waals surface area contributed by atoms with Crippen LogP contribution in [-0.4, -0.2) is 46.5 Å². The standard InChI is InChI=1S/C13H18N4O/c1-2-5-17-6-3-12(4-7-17)16-13(18)11-8-14-10-15-9-11/h2,8-10,12H,1,3-7H2,(H,16,18). The van der Waals surface area contributed by atoms with Gasteiger partial charge in [-0.25, -0.2) is 9.97 Å². The SMILES string of the molecule is C=CCN1CCC(NC(=O)c2cncnc2)CC1. The average molecular weight is 246 g/mol. The molecule has 96 valence electrons. The number of hydrogen-bond donors (Lipinski definition) is 1. The van der Waals surface area contributed by atoms with Gasteiger partial charge in [0.25, 0.3) is 5.91 Å². The van der Waals surface area contributed by atoms with Crippen molar-refractivity contribution in [3.8, 4) is 0 Å². The molecule has 1 aromatic rings. The third kappa shape index (κ3) is 3.37. The number of carbonyl (C=O) groups excluding carboxylic acids is 1. The number of amides is 1. The van der Waals surface area contributed by atoms with E-state index >= 15 is 0 Å². The molecule has 1 aromatic heterocycles. The molecule has 1 saturated heterocycles. The second-order valence-electron chi connectivity index (χ2n) is 4.46. The molecule has 0 aromatic carbocycles. The van der Waals surface area contributed by atoms with Gasteiger partial charge in [0, 0.05) is 38.1 Å². The maximum Gasteiger partial charge on any atom is 0.254 e. The van der Waals surface area contributed by atoms with Gasteiger partial charge in [0.05, 0.1) is 5.56 Å². The lowest BCUT2D eigenvalue weighted by atomic mass is 10.0. The number of piperidine rings is 1. The molecule has 5 heteroatoms. The quantitative estimate of drug-likeness (QED) is 0.800. The first-order valence-corrected chi connectivity index (χ1v) is 6.18. The molecule has 18 heavy (non-hydrogen) atoms. The van der Waals surface area contributed by atoms with Gasteiger partial charge in [0.2, 0.25) is 0 Å². The van der Waals surface area contributed by atoms with Gasteiger partial charge in [0.1, 0.15) is 6.33 Å². The summed E-state index contributed by atoms with van der Waals surface area (Å²) in [6, 6.07) is 0.249. The second-order valence-corrected chi connectivity index (χ2v) is 4.46. The summed E-state index contributed by atoms with van der Waals surface area (Å²) in [6.07, 6.45) is 8.37. The third-order valence-corrected chi connectivity index (χ3v) is 3.13. The highest BCUT2D eigenvalue weighted by molar-refractivity contribution is 5.93. The van der Waals surface area contributed by atoms with E-state index in [9.17, 15) is 4.79 Å². The van der Waals surface area contributed by atoms with E-state index in [1.165, 1.54) is 18.7 Å². The lowest BCUT2D eigenvalue weighted by Gasteiger charge is -2.31. The number of likely N-dealkylation sites (tertiary alicyclic amines) is 1. The van der Waals surface area contributed by atoms with Crippen molar-refractivity contribution in [2.75, 3.05) is 19.6 Å². The Morgan fingerprint density at radius 1 is 1.44 bits per heavy atom. The van der Waals surface area contributed by atoms with Crippen molar-refractivity contribution in [2.24, 2.45) is 0 Å². The molecule has 0 atom stereocenters. The summed E-state index contributed by atoms with van der Waals surface area (Å²) in [5.41, 5.74) is 0.519. The molecule has 0 saturated carbocycles. The van der Waals surface area contributed by atoms with Crippen LogP contribution in [0.5, 0.6) is 0 Å². The topological polar surface area (TPSA) is 58.1 Å². The normalized spacial score (nSPS) is 17.3. The maximum absolute atomic E-state index is 11.9. The van der Waals surface area contributed by atoms with Crippen molar-refractivity contribution in [2.45, 2.75) is 18.9 Å². The van der Waals surface area contributed by atoms with Crippen LogP contribution < -0.4 is 5.32 Å². The summed E-state index contributed by atoms with van der Waals surface area (Å²) in [7, 11) is 0. The molecular formula is C13H18N4O. The predicted octanol–water partition coefficient (Wildman–Crippen LogP) is 0.857. The van der Waals surface area contributed by atoms with E-state index in [1.807, 2.05) is 6.08 Å². The molecule has 1 aliphatic rings. The Morgan fingerprint density at radius 3 is 2.72 bits per heavy atom. The van der Waals surface area contributed by atoms with E-state index in [2.05, 4.69) is 26.8 Å².